The van der Waals surface area contributed by atoms with Crippen LogP contribution in [-0.2, 0) is 19.5 Å². The van der Waals surface area contributed by atoms with Crippen LogP contribution in [0.4, 0.5) is 0 Å². The molecule has 0 saturated heterocycles. The van der Waals surface area contributed by atoms with Gasteiger partial charge in [-0.25, -0.2) is 4.98 Å². The van der Waals surface area contributed by atoms with E-state index in [0.29, 0.717) is 6.54 Å². The Morgan fingerprint density at radius 2 is 1.92 bits per heavy atom. The van der Waals surface area contributed by atoms with Crippen molar-refractivity contribution < 1.29 is 4.79 Å². The fourth-order valence-corrected chi connectivity index (χ4v) is 3.87. The van der Waals surface area contributed by atoms with E-state index in [0.717, 1.165) is 53.6 Å². The van der Waals surface area contributed by atoms with Crippen molar-refractivity contribution in [3.63, 3.8) is 0 Å². The number of aromatic nitrogens is 1. The minimum atomic E-state index is -0.0218. The minimum absolute atomic E-state index is 0.0218. The summed E-state index contributed by atoms with van der Waals surface area (Å²) in [5.74, 6) is -0.0218. The van der Waals surface area contributed by atoms with Crippen LogP contribution >= 0.6 is 11.3 Å². The second kappa shape index (κ2) is 9.68. The summed E-state index contributed by atoms with van der Waals surface area (Å²) in [5.41, 5.74) is 3.25. The van der Waals surface area contributed by atoms with Gasteiger partial charge in [0.15, 0.2) is 0 Å². The maximum atomic E-state index is 12.5. The van der Waals surface area contributed by atoms with Crippen molar-refractivity contribution in [3.8, 4) is 0 Å². The SMILES string of the molecule is CCCc1nc(C)c(C(=O)NCc2cccc(CN(CC)CC)c2)s1. The van der Waals surface area contributed by atoms with Gasteiger partial charge in [-0.2, -0.15) is 0 Å². The van der Waals surface area contributed by atoms with Gasteiger partial charge in [-0.1, -0.05) is 45.0 Å². The van der Waals surface area contributed by atoms with Gasteiger partial charge in [0.05, 0.1) is 10.7 Å². The molecule has 0 aliphatic heterocycles. The molecule has 136 valence electrons. The molecule has 0 spiro atoms. The molecule has 1 N–H and O–H groups in total. The quantitative estimate of drug-likeness (QED) is 0.731. The Balaban J connectivity index is 1.97. The number of carbonyl (C=O) groups excluding carboxylic acids is 1. The molecule has 1 heterocycles. The number of nitrogens with zero attached hydrogens (tertiary/aromatic N) is 2. The summed E-state index contributed by atoms with van der Waals surface area (Å²) >= 11 is 1.52. The molecule has 5 heteroatoms. The number of nitrogens with one attached hydrogen (secondary N) is 1. The fourth-order valence-electron chi connectivity index (χ4n) is 2.79. The Hall–Kier alpha value is -1.72. The lowest BCUT2D eigenvalue weighted by molar-refractivity contribution is 0.0954. The van der Waals surface area contributed by atoms with E-state index in [4.69, 9.17) is 0 Å². The van der Waals surface area contributed by atoms with Gasteiger partial charge in [-0.15, -0.1) is 11.3 Å². The van der Waals surface area contributed by atoms with Crippen LogP contribution in [0.25, 0.3) is 0 Å². The van der Waals surface area contributed by atoms with E-state index in [1.54, 1.807) is 0 Å². The average Bonchev–Trinajstić information content (AvgIpc) is 2.98. The Labute approximate surface area is 155 Å². The number of carbonyl (C=O) groups is 1. The molecular formula is C20H29N3OS. The van der Waals surface area contributed by atoms with E-state index in [9.17, 15) is 4.79 Å². The number of amides is 1. The van der Waals surface area contributed by atoms with Gasteiger partial charge in [0.25, 0.3) is 5.91 Å². The molecule has 0 atom stereocenters. The predicted molar refractivity (Wildman–Crippen MR) is 105 cm³/mol. The lowest BCUT2D eigenvalue weighted by Crippen LogP contribution is -2.23. The summed E-state index contributed by atoms with van der Waals surface area (Å²) in [4.78, 5) is 20.1. The highest BCUT2D eigenvalue weighted by Crippen LogP contribution is 2.19. The Kier molecular flexibility index (Phi) is 7.59. The van der Waals surface area contributed by atoms with Crippen molar-refractivity contribution in [1.82, 2.24) is 15.2 Å². The first kappa shape index (κ1) is 19.6. The zero-order valence-corrected chi connectivity index (χ0v) is 16.6. The Bertz CT molecular complexity index is 692. The zero-order chi connectivity index (χ0) is 18.2. The fraction of sp³-hybridized carbons (Fsp3) is 0.500. The number of aryl methyl sites for hydroxylation is 2. The van der Waals surface area contributed by atoms with E-state index in [-0.39, 0.29) is 5.91 Å². The van der Waals surface area contributed by atoms with Crippen molar-refractivity contribution in [1.29, 1.82) is 0 Å². The van der Waals surface area contributed by atoms with Crippen LogP contribution in [-0.4, -0.2) is 28.9 Å². The molecule has 0 aliphatic carbocycles. The third-order valence-corrected chi connectivity index (χ3v) is 5.47. The van der Waals surface area contributed by atoms with Gasteiger partial charge in [-0.3, -0.25) is 9.69 Å². The van der Waals surface area contributed by atoms with Crippen molar-refractivity contribution in [2.45, 2.75) is 53.6 Å². The highest BCUT2D eigenvalue weighted by molar-refractivity contribution is 7.13. The molecule has 1 amide bonds. The summed E-state index contributed by atoms with van der Waals surface area (Å²) in [6.45, 7) is 12.0. The van der Waals surface area contributed by atoms with Gasteiger partial charge in [0.2, 0.25) is 0 Å². The first-order chi connectivity index (χ1) is 12.1. The molecule has 2 rings (SSSR count). The molecule has 0 saturated carbocycles. The molecule has 0 aliphatic rings. The molecule has 0 bridgehead atoms. The summed E-state index contributed by atoms with van der Waals surface area (Å²) < 4.78 is 0. The normalized spacial score (nSPS) is 11.1. The maximum Gasteiger partial charge on any atom is 0.263 e. The second-order valence-electron chi connectivity index (χ2n) is 6.24. The second-order valence-corrected chi connectivity index (χ2v) is 7.32. The summed E-state index contributed by atoms with van der Waals surface area (Å²) in [6, 6.07) is 8.46. The molecule has 4 nitrogen and oxygen atoms in total. The number of hydrogen-bond acceptors (Lipinski definition) is 4. The topological polar surface area (TPSA) is 45.2 Å². The Morgan fingerprint density at radius 3 is 2.60 bits per heavy atom. The third-order valence-electron chi connectivity index (χ3n) is 4.26. The van der Waals surface area contributed by atoms with Gasteiger partial charge >= 0.3 is 0 Å². The van der Waals surface area contributed by atoms with E-state index in [1.807, 2.05) is 6.92 Å². The first-order valence-corrected chi connectivity index (χ1v) is 9.93. The third kappa shape index (κ3) is 5.65. The zero-order valence-electron chi connectivity index (χ0n) is 15.8. The van der Waals surface area contributed by atoms with Gasteiger partial charge in [0, 0.05) is 13.1 Å². The standard InChI is InChI=1S/C20H29N3OS/c1-5-9-18-22-15(4)19(25-18)20(24)21-13-16-10-8-11-17(12-16)14-23(6-2)7-3/h8,10-12H,5-7,9,13-14H2,1-4H3,(H,21,24). The highest BCUT2D eigenvalue weighted by Gasteiger charge is 2.14. The summed E-state index contributed by atoms with van der Waals surface area (Å²) in [5, 5.41) is 4.09. The van der Waals surface area contributed by atoms with Gasteiger partial charge < -0.3 is 5.32 Å². The number of benzene rings is 1. The number of hydrogen-bond donors (Lipinski definition) is 1. The summed E-state index contributed by atoms with van der Waals surface area (Å²) in [7, 11) is 0. The lowest BCUT2D eigenvalue weighted by atomic mass is 10.1. The molecular weight excluding hydrogens is 330 g/mol. The van der Waals surface area contributed by atoms with Gasteiger partial charge in [-0.05, 0) is 44.0 Å². The molecule has 0 fully saturated rings. The first-order valence-electron chi connectivity index (χ1n) is 9.12. The summed E-state index contributed by atoms with van der Waals surface area (Å²) in [6.07, 6.45) is 1.99. The van der Waals surface area contributed by atoms with Crippen LogP contribution in [0.1, 0.15) is 58.7 Å². The van der Waals surface area contributed by atoms with Gasteiger partial charge in [0.1, 0.15) is 4.88 Å². The minimum Gasteiger partial charge on any atom is -0.347 e. The van der Waals surface area contributed by atoms with Crippen LogP contribution in [0.15, 0.2) is 24.3 Å². The van der Waals surface area contributed by atoms with Crippen LogP contribution in [0.2, 0.25) is 0 Å². The molecule has 1 aromatic heterocycles. The van der Waals surface area contributed by atoms with E-state index < -0.39 is 0 Å². The van der Waals surface area contributed by atoms with E-state index in [2.05, 4.69) is 60.2 Å². The molecule has 25 heavy (non-hydrogen) atoms. The number of rotatable bonds is 9. The van der Waals surface area contributed by atoms with Crippen molar-refractivity contribution in [3.05, 3.63) is 51.0 Å². The van der Waals surface area contributed by atoms with Crippen molar-refractivity contribution in [2.75, 3.05) is 13.1 Å². The average molecular weight is 360 g/mol. The predicted octanol–water partition coefficient (Wildman–Crippen LogP) is 4.18. The molecule has 1 aromatic carbocycles. The van der Waals surface area contributed by atoms with Crippen molar-refractivity contribution in [2.24, 2.45) is 0 Å². The van der Waals surface area contributed by atoms with E-state index in [1.165, 1.54) is 16.9 Å². The van der Waals surface area contributed by atoms with Crippen molar-refractivity contribution >= 4 is 17.2 Å². The van der Waals surface area contributed by atoms with E-state index >= 15 is 0 Å². The van der Waals surface area contributed by atoms with Crippen LogP contribution in [0.5, 0.6) is 0 Å². The largest absolute Gasteiger partial charge is 0.347 e. The molecule has 2 aromatic rings. The Morgan fingerprint density at radius 1 is 1.20 bits per heavy atom. The highest BCUT2D eigenvalue weighted by atomic mass is 32.1. The monoisotopic (exact) mass is 359 g/mol. The van der Waals surface area contributed by atoms with Crippen LogP contribution in [0.3, 0.4) is 0 Å². The molecule has 0 unspecified atom stereocenters. The maximum absolute atomic E-state index is 12.5. The smallest absolute Gasteiger partial charge is 0.263 e. The van der Waals surface area contributed by atoms with Crippen LogP contribution in [0, 0.1) is 6.92 Å². The lowest BCUT2D eigenvalue weighted by Gasteiger charge is -2.18. The molecule has 0 radical (unpaired) electrons. The number of thiazole rings is 1. The van der Waals surface area contributed by atoms with Crippen LogP contribution < -0.4 is 5.32 Å².